The molecule has 1 fully saturated rings. The van der Waals surface area contributed by atoms with Gasteiger partial charge in [0.1, 0.15) is 6.33 Å². The van der Waals surface area contributed by atoms with E-state index in [1.165, 1.54) is 6.33 Å². The number of hydrogen-bond acceptors (Lipinski definition) is 5. The zero-order valence-corrected chi connectivity index (χ0v) is 13.9. The van der Waals surface area contributed by atoms with Gasteiger partial charge in [0, 0.05) is 55.6 Å². The van der Waals surface area contributed by atoms with Crippen molar-refractivity contribution in [3.05, 3.63) is 42.7 Å². The van der Waals surface area contributed by atoms with E-state index in [9.17, 15) is 4.79 Å². The lowest BCUT2D eigenvalue weighted by atomic mass is 10.1. The van der Waals surface area contributed by atoms with Gasteiger partial charge in [-0.15, -0.1) is 0 Å². The Morgan fingerprint density at radius 3 is 2.79 bits per heavy atom. The Bertz CT molecular complexity index is 678. The highest BCUT2D eigenvalue weighted by Crippen LogP contribution is 2.20. The lowest BCUT2D eigenvalue weighted by Crippen LogP contribution is -2.43. The zero-order valence-electron chi connectivity index (χ0n) is 13.9. The predicted molar refractivity (Wildman–Crippen MR) is 90.4 cm³/mol. The first-order chi connectivity index (χ1) is 11.8. The summed E-state index contributed by atoms with van der Waals surface area (Å²) in [6.45, 7) is 4.26. The van der Waals surface area contributed by atoms with Gasteiger partial charge in [-0.3, -0.25) is 9.78 Å². The number of aromatic nitrogens is 3. The van der Waals surface area contributed by atoms with E-state index in [-0.39, 0.29) is 12.0 Å². The standard InChI is InChI=1S/C18H22N4O2/c1-2-6-24-17-4-3-5-22(12-17)18(23)15-7-14(8-19-9-15)16-10-20-13-21-11-16/h7-11,13,17H,2-6,12H2,1H3/t17-/m0/s1. The highest BCUT2D eigenvalue weighted by Gasteiger charge is 2.25. The summed E-state index contributed by atoms with van der Waals surface area (Å²) in [7, 11) is 0. The van der Waals surface area contributed by atoms with Gasteiger partial charge in [0.25, 0.3) is 5.91 Å². The van der Waals surface area contributed by atoms with Gasteiger partial charge in [0.2, 0.25) is 0 Å². The molecule has 1 aliphatic rings. The summed E-state index contributed by atoms with van der Waals surface area (Å²) in [4.78, 5) is 26.9. The molecule has 0 unspecified atom stereocenters. The average Bonchev–Trinajstić information content (AvgIpc) is 2.67. The van der Waals surface area contributed by atoms with Gasteiger partial charge in [0.15, 0.2) is 0 Å². The van der Waals surface area contributed by atoms with Crippen molar-refractivity contribution in [3.63, 3.8) is 0 Å². The van der Waals surface area contributed by atoms with E-state index in [0.717, 1.165) is 43.5 Å². The molecule has 3 rings (SSSR count). The SMILES string of the molecule is CCCO[C@H]1CCCN(C(=O)c2cncc(-c3cncnc3)c2)C1. The van der Waals surface area contributed by atoms with Crippen LogP contribution in [-0.4, -0.2) is 51.6 Å². The smallest absolute Gasteiger partial charge is 0.255 e. The van der Waals surface area contributed by atoms with Crippen LogP contribution in [0.5, 0.6) is 0 Å². The highest BCUT2D eigenvalue weighted by molar-refractivity contribution is 5.95. The molecule has 2 aromatic heterocycles. The lowest BCUT2D eigenvalue weighted by Gasteiger charge is -2.32. The van der Waals surface area contributed by atoms with Crippen molar-refractivity contribution in [2.24, 2.45) is 0 Å². The number of piperidine rings is 1. The van der Waals surface area contributed by atoms with Crippen molar-refractivity contribution in [2.75, 3.05) is 19.7 Å². The van der Waals surface area contributed by atoms with Crippen molar-refractivity contribution in [1.29, 1.82) is 0 Å². The Morgan fingerprint density at radius 1 is 1.21 bits per heavy atom. The van der Waals surface area contributed by atoms with Gasteiger partial charge in [-0.2, -0.15) is 0 Å². The molecule has 24 heavy (non-hydrogen) atoms. The monoisotopic (exact) mass is 326 g/mol. The summed E-state index contributed by atoms with van der Waals surface area (Å²) in [6.07, 6.45) is 11.4. The van der Waals surface area contributed by atoms with E-state index in [4.69, 9.17) is 4.74 Å². The highest BCUT2D eigenvalue weighted by atomic mass is 16.5. The molecule has 0 radical (unpaired) electrons. The number of pyridine rings is 1. The van der Waals surface area contributed by atoms with Gasteiger partial charge in [-0.05, 0) is 25.3 Å². The van der Waals surface area contributed by atoms with Crippen LogP contribution in [0, 0.1) is 0 Å². The Labute approximate surface area is 141 Å². The van der Waals surface area contributed by atoms with Crippen molar-refractivity contribution in [1.82, 2.24) is 19.9 Å². The number of nitrogens with zero attached hydrogens (tertiary/aromatic N) is 4. The molecule has 6 nitrogen and oxygen atoms in total. The average molecular weight is 326 g/mol. The lowest BCUT2D eigenvalue weighted by molar-refractivity contribution is 0.00210. The van der Waals surface area contributed by atoms with E-state index >= 15 is 0 Å². The van der Waals surface area contributed by atoms with Crippen LogP contribution in [0.4, 0.5) is 0 Å². The first kappa shape index (κ1) is 16.5. The number of ether oxygens (including phenoxy) is 1. The maximum atomic E-state index is 12.8. The second-order valence-corrected chi connectivity index (χ2v) is 5.98. The maximum Gasteiger partial charge on any atom is 0.255 e. The molecule has 126 valence electrons. The van der Waals surface area contributed by atoms with Crippen molar-refractivity contribution < 1.29 is 9.53 Å². The molecule has 0 saturated carbocycles. The molecule has 0 bridgehead atoms. The first-order valence-electron chi connectivity index (χ1n) is 8.39. The van der Waals surface area contributed by atoms with Crippen LogP contribution in [0.3, 0.4) is 0 Å². The van der Waals surface area contributed by atoms with Crippen molar-refractivity contribution >= 4 is 5.91 Å². The van der Waals surface area contributed by atoms with Crippen molar-refractivity contribution in [3.8, 4) is 11.1 Å². The molecule has 1 aliphatic heterocycles. The quantitative estimate of drug-likeness (QED) is 0.845. The van der Waals surface area contributed by atoms with Gasteiger partial charge in [-0.1, -0.05) is 6.92 Å². The molecule has 1 amide bonds. The number of amides is 1. The van der Waals surface area contributed by atoms with E-state index in [1.54, 1.807) is 24.8 Å². The van der Waals surface area contributed by atoms with Crippen LogP contribution < -0.4 is 0 Å². The fourth-order valence-corrected chi connectivity index (χ4v) is 2.89. The van der Waals surface area contributed by atoms with Crippen LogP contribution in [0.25, 0.3) is 11.1 Å². The molecule has 0 aliphatic carbocycles. The minimum Gasteiger partial charge on any atom is -0.376 e. The third-order valence-electron chi connectivity index (χ3n) is 4.10. The fourth-order valence-electron chi connectivity index (χ4n) is 2.89. The van der Waals surface area contributed by atoms with Gasteiger partial charge >= 0.3 is 0 Å². The number of rotatable bonds is 5. The topological polar surface area (TPSA) is 68.2 Å². The van der Waals surface area contributed by atoms with Gasteiger partial charge in [-0.25, -0.2) is 9.97 Å². The Morgan fingerprint density at radius 2 is 2.00 bits per heavy atom. The number of carbonyl (C=O) groups excluding carboxylic acids is 1. The number of carbonyl (C=O) groups is 1. The minimum atomic E-state index is 0.00555. The Balaban J connectivity index is 1.73. The molecule has 0 N–H and O–H groups in total. The normalized spacial score (nSPS) is 17.7. The summed E-state index contributed by atoms with van der Waals surface area (Å²) >= 11 is 0. The fraction of sp³-hybridized carbons (Fsp3) is 0.444. The van der Waals surface area contributed by atoms with Crippen LogP contribution >= 0.6 is 0 Å². The van der Waals surface area contributed by atoms with E-state index < -0.39 is 0 Å². The maximum absolute atomic E-state index is 12.8. The largest absolute Gasteiger partial charge is 0.376 e. The first-order valence-corrected chi connectivity index (χ1v) is 8.39. The van der Waals surface area contributed by atoms with E-state index in [0.29, 0.717) is 12.1 Å². The second-order valence-electron chi connectivity index (χ2n) is 5.98. The molecule has 0 spiro atoms. The summed E-state index contributed by atoms with van der Waals surface area (Å²) in [5, 5.41) is 0. The zero-order chi connectivity index (χ0) is 16.8. The van der Waals surface area contributed by atoms with Crippen LogP contribution in [-0.2, 0) is 4.74 Å². The Kier molecular flexibility index (Phi) is 5.48. The molecule has 3 heterocycles. The number of likely N-dealkylation sites (tertiary alicyclic amines) is 1. The predicted octanol–water partition coefficient (Wildman–Crippen LogP) is 2.57. The molecule has 0 aromatic carbocycles. The van der Waals surface area contributed by atoms with Crippen LogP contribution in [0.2, 0.25) is 0 Å². The summed E-state index contributed by atoms with van der Waals surface area (Å²) in [5.41, 5.74) is 2.28. The van der Waals surface area contributed by atoms with Crippen molar-refractivity contribution in [2.45, 2.75) is 32.3 Å². The molecule has 2 aromatic rings. The minimum absolute atomic E-state index is 0.00555. The summed E-state index contributed by atoms with van der Waals surface area (Å²) < 4.78 is 5.82. The second kappa shape index (κ2) is 7.97. The summed E-state index contributed by atoms with van der Waals surface area (Å²) in [6, 6.07) is 1.85. The van der Waals surface area contributed by atoms with Gasteiger partial charge in [0.05, 0.1) is 11.7 Å². The molecular formula is C18H22N4O2. The third-order valence-corrected chi connectivity index (χ3v) is 4.10. The molecule has 1 atom stereocenters. The number of hydrogen-bond donors (Lipinski definition) is 0. The molecule has 1 saturated heterocycles. The third kappa shape index (κ3) is 3.94. The molecular weight excluding hydrogens is 304 g/mol. The van der Waals surface area contributed by atoms with Crippen LogP contribution in [0.15, 0.2) is 37.2 Å². The van der Waals surface area contributed by atoms with Gasteiger partial charge < -0.3 is 9.64 Å². The molecule has 6 heteroatoms. The summed E-state index contributed by atoms with van der Waals surface area (Å²) in [5.74, 6) is 0.00555. The van der Waals surface area contributed by atoms with E-state index in [1.807, 2.05) is 11.0 Å². The van der Waals surface area contributed by atoms with Crippen LogP contribution in [0.1, 0.15) is 36.5 Å². The van der Waals surface area contributed by atoms with E-state index in [2.05, 4.69) is 21.9 Å². The Hall–Kier alpha value is -2.34.